The molecule has 2 aliphatic rings. The van der Waals surface area contributed by atoms with Crippen LogP contribution in [0, 0.1) is 6.92 Å². The van der Waals surface area contributed by atoms with Crippen molar-refractivity contribution < 1.29 is 0 Å². The normalized spacial score (nSPS) is 18.4. The molecule has 2 heterocycles. The summed E-state index contributed by atoms with van der Waals surface area (Å²) in [5.41, 5.74) is 3.17. The van der Waals surface area contributed by atoms with Crippen LogP contribution in [0.3, 0.4) is 0 Å². The molecule has 1 N–H and O–H groups in total. The number of nitrogens with zero attached hydrogens (tertiary/aromatic N) is 5. The van der Waals surface area contributed by atoms with Crippen LogP contribution in [0.2, 0.25) is 0 Å². The smallest absolute Gasteiger partial charge is 0.205 e. The van der Waals surface area contributed by atoms with Crippen molar-refractivity contribution in [1.82, 2.24) is 19.6 Å². The Morgan fingerprint density at radius 3 is 2.52 bits per heavy atom. The number of anilines is 1. The molecule has 29 heavy (non-hydrogen) atoms. The predicted octanol–water partition coefficient (Wildman–Crippen LogP) is 3.46. The summed E-state index contributed by atoms with van der Waals surface area (Å²) >= 11 is 1.52. The summed E-state index contributed by atoms with van der Waals surface area (Å²) in [6.07, 6.45) is 3.41. The molecule has 1 aromatic carbocycles. The molecule has 8 heteroatoms. The molecule has 2 fully saturated rings. The number of guanidine groups is 1. The van der Waals surface area contributed by atoms with Gasteiger partial charge in [0.25, 0.3) is 0 Å². The maximum absolute atomic E-state index is 4.63. The molecule has 1 aromatic heterocycles. The molecule has 1 saturated carbocycles. The topological polar surface area (TPSA) is 56.7 Å². The summed E-state index contributed by atoms with van der Waals surface area (Å²) in [4.78, 5) is 13.9. The third kappa shape index (κ3) is 4.84. The van der Waals surface area contributed by atoms with Gasteiger partial charge >= 0.3 is 0 Å². The number of aliphatic imine (C=N–C) groups is 1. The third-order valence-electron chi connectivity index (χ3n) is 5.99. The Morgan fingerprint density at radius 1 is 1.21 bits per heavy atom. The molecule has 0 radical (unpaired) electrons. The van der Waals surface area contributed by atoms with Crippen molar-refractivity contribution in [3.8, 4) is 0 Å². The van der Waals surface area contributed by atoms with Gasteiger partial charge in [-0.05, 0) is 30.9 Å². The molecular weight excluding hydrogens is 495 g/mol. The minimum Gasteiger partial charge on any atom is -0.355 e. The highest BCUT2D eigenvalue weighted by atomic mass is 127. The standard InChI is InChI=1S/C21H30N6S.HI/c1-4-18-24-20(28-25-18)27-13-11-26(12-14-27)19(22-3)23-15-21(9-10-21)17-8-6-5-7-16(17)2;/h5-8H,4,9-15H2,1-3H3,(H,22,23);1H. The fraction of sp³-hybridized carbons (Fsp3) is 0.571. The quantitative estimate of drug-likeness (QED) is 0.368. The second-order valence-electron chi connectivity index (χ2n) is 7.82. The van der Waals surface area contributed by atoms with Crippen molar-refractivity contribution in [3.05, 3.63) is 41.2 Å². The summed E-state index contributed by atoms with van der Waals surface area (Å²) in [6.45, 7) is 9.12. The van der Waals surface area contributed by atoms with Crippen LogP contribution in [0.5, 0.6) is 0 Å². The molecule has 6 nitrogen and oxygen atoms in total. The van der Waals surface area contributed by atoms with Gasteiger partial charge in [0.1, 0.15) is 5.82 Å². The van der Waals surface area contributed by atoms with Crippen molar-refractivity contribution in [1.29, 1.82) is 0 Å². The van der Waals surface area contributed by atoms with Crippen molar-refractivity contribution in [3.63, 3.8) is 0 Å². The van der Waals surface area contributed by atoms with Crippen LogP contribution in [0.4, 0.5) is 5.13 Å². The van der Waals surface area contributed by atoms with Gasteiger partial charge in [-0.15, -0.1) is 24.0 Å². The van der Waals surface area contributed by atoms with E-state index in [9.17, 15) is 0 Å². The SMILES string of the molecule is CCc1nsc(N2CCN(C(=NC)NCC3(c4ccccc4C)CC3)CC2)n1.I. The van der Waals surface area contributed by atoms with Gasteiger partial charge in [0, 0.05) is 63.1 Å². The lowest BCUT2D eigenvalue weighted by Gasteiger charge is -2.36. The van der Waals surface area contributed by atoms with Gasteiger partial charge < -0.3 is 15.1 Å². The Bertz CT molecular complexity index is 839. The van der Waals surface area contributed by atoms with Crippen molar-refractivity contribution >= 4 is 46.6 Å². The number of aryl methyl sites for hydroxylation is 2. The lowest BCUT2D eigenvalue weighted by atomic mass is 9.92. The summed E-state index contributed by atoms with van der Waals surface area (Å²) in [5, 5.41) is 4.72. The average Bonchev–Trinajstić information content (AvgIpc) is 3.35. The summed E-state index contributed by atoms with van der Waals surface area (Å²) in [7, 11) is 1.89. The van der Waals surface area contributed by atoms with E-state index in [4.69, 9.17) is 0 Å². The molecule has 158 valence electrons. The maximum atomic E-state index is 4.63. The van der Waals surface area contributed by atoms with E-state index in [1.165, 1.54) is 35.5 Å². The fourth-order valence-electron chi connectivity index (χ4n) is 4.07. The molecule has 0 spiro atoms. The van der Waals surface area contributed by atoms with E-state index >= 15 is 0 Å². The summed E-state index contributed by atoms with van der Waals surface area (Å²) < 4.78 is 4.42. The van der Waals surface area contributed by atoms with Crippen molar-refractivity contribution in [2.24, 2.45) is 4.99 Å². The first-order valence-corrected chi connectivity index (χ1v) is 11.0. The lowest BCUT2D eigenvalue weighted by molar-refractivity contribution is 0.370. The van der Waals surface area contributed by atoms with Crippen molar-refractivity contribution in [2.45, 2.75) is 38.5 Å². The molecule has 4 rings (SSSR count). The zero-order valence-corrected chi connectivity index (χ0v) is 20.7. The van der Waals surface area contributed by atoms with Crippen LogP contribution >= 0.6 is 35.5 Å². The van der Waals surface area contributed by atoms with E-state index in [1.54, 1.807) is 0 Å². The molecule has 0 bridgehead atoms. The third-order valence-corrected chi connectivity index (χ3v) is 6.80. The lowest BCUT2D eigenvalue weighted by Crippen LogP contribution is -2.53. The highest BCUT2D eigenvalue weighted by Gasteiger charge is 2.45. The highest BCUT2D eigenvalue weighted by Crippen LogP contribution is 2.48. The molecule has 0 amide bonds. The number of aromatic nitrogens is 2. The molecule has 0 unspecified atom stereocenters. The molecule has 2 aromatic rings. The number of rotatable bonds is 5. The largest absolute Gasteiger partial charge is 0.355 e. The molecule has 0 atom stereocenters. The number of piperazine rings is 1. The van der Waals surface area contributed by atoms with E-state index < -0.39 is 0 Å². The molecular formula is C21H31IN6S. The zero-order chi connectivity index (χ0) is 19.6. The second kappa shape index (κ2) is 9.59. The number of nitrogens with one attached hydrogen (secondary N) is 1. The van der Waals surface area contributed by atoms with E-state index in [2.05, 4.69) is 67.6 Å². The summed E-state index contributed by atoms with van der Waals surface area (Å²) in [6, 6.07) is 8.80. The summed E-state index contributed by atoms with van der Waals surface area (Å²) in [5.74, 6) is 1.97. The Balaban J connectivity index is 0.00000240. The molecule has 1 saturated heterocycles. The van der Waals surface area contributed by atoms with Gasteiger partial charge in [-0.25, -0.2) is 4.98 Å². The highest BCUT2D eigenvalue weighted by molar-refractivity contribution is 14.0. The van der Waals surface area contributed by atoms with E-state index in [0.717, 1.165) is 56.1 Å². The van der Waals surface area contributed by atoms with Gasteiger partial charge in [0.15, 0.2) is 5.96 Å². The van der Waals surface area contributed by atoms with Crippen LogP contribution in [-0.4, -0.2) is 60.0 Å². The number of benzene rings is 1. The Labute approximate surface area is 195 Å². The Morgan fingerprint density at radius 2 is 1.93 bits per heavy atom. The van der Waals surface area contributed by atoms with Gasteiger partial charge in [-0.2, -0.15) is 4.37 Å². The first kappa shape index (κ1) is 22.3. The Kier molecular flexibility index (Phi) is 7.37. The number of hydrogen-bond acceptors (Lipinski definition) is 5. The zero-order valence-electron chi connectivity index (χ0n) is 17.5. The number of halogens is 1. The van der Waals surface area contributed by atoms with Gasteiger partial charge in [-0.3, -0.25) is 4.99 Å². The second-order valence-corrected chi connectivity index (χ2v) is 8.55. The van der Waals surface area contributed by atoms with Gasteiger partial charge in [0.2, 0.25) is 5.13 Å². The van der Waals surface area contributed by atoms with Crippen molar-refractivity contribution in [2.75, 3.05) is 44.7 Å². The maximum Gasteiger partial charge on any atom is 0.205 e. The minimum absolute atomic E-state index is 0. The first-order chi connectivity index (χ1) is 13.6. The Hall–Kier alpha value is -1.42. The van der Waals surface area contributed by atoms with Crippen LogP contribution in [0.1, 0.15) is 36.7 Å². The molecule has 1 aliphatic heterocycles. The van der Waals surface area contributed by atoms with Crippen LogP contribution in [0.15, 0.2) is 29.3 Å². The van der Waals surface area contributed by atoms with Crippen LogP contribution in [0.25, 0.3) is 0 Å². The monoisotopic (exact) mass is 526 g/mol. The van der Waals surface area contributed by atoms with Gasteiger partial charge in [-0.1, -0.05) is 31.2 Å². The molecule has 1 aliphatic carbocycles. The predicted molar refractivity (Wildman–Crippen MR) is 132 cm³/mol. The van der Waals surface area contributed by atoms with E-state index in [-0.39, 0.29) is 29.4 Å². The average molecular weight is 526 g/mol. The fourth-order valence-corrected chi connectivity index (χ4v) is 4.87. The minimum atomic E-state index is 0. The number of hydrogen-bond donors (Lipinski definition) is 1. The van der Waals surface area contributed by atoms with Crippen LogP contribution < -0.4 is 10.2 Å². The van der Waals surface area contributed by atoms with E-state index in [0.29, 0.717) is 0 Å². The van der Waals surface area contributed by atoms with Gasteiger partial charge in [0.05, 0.1) is 0 Å². The first-order valence-electron chi connectivity index (χ1n) is 10.2. The van der Waals surface area contributed by atoms with Crippen LogP contribution in [-0.2, 0) is 11.8 Å². The van der Waals surface area contributed by atoms with E-state index in [1.807, 2.05) is 7.05 Å².